The van der Waals surface area contributed by atoms with Crippen molar-refractivity contribution in [3.63, 3.8) is 0 Å². The number of carbonyl (C=O) groups excluding carboxylic acids is 1. The molecule has 1 aliphatic heterocycles. The fourth-order valence-corrected chi connectivity index (χ4v) is 7.84. The molecular formula is C46H58O6S. The monoisotopic (exact) mass is 738 g/mol. The summed E-state index contributed by atoms with van der Waals surface area (Å²) in [6.07, 6.45) is 10.4. The predicted molar refractivity (Wildman–Crippen MR) is 215 cm³/mol. The number of rotatable bonds is 24. The van der Waals surface area contributed by atoms with Gasteiger partial charge in [-0.05, 0) is 41.0 Å². The van der Waals surface area contributed by atoms with E-state index in [0.29, 0.717) is 32.0 Å². The van der Waals surface area contributed by atoms with Gasteiger partial charge < -0.3 is 23.7 Å². The molecule has 53 heavy (non-hydrogen) atoms. The summed E-state index contributed by atoms with van der Waals surface area (Å²) in [5.41, 5.74) is 3.17. The van der Waals surface area contributed by atoms with Gasteiger partial charge >= 0.3 is 5.97 Å². The topological polar surface area (TPSA) is 63.2 Å². The maximum absolute atomic E-state index is 13.7. The number of thioether (sulfide) groups is 1. The first kappa shape index (κ1) is 40.7. The Hall–Kier alpha value is -3.46. The molecule has 5 rings (SSSR count). The van der Waals surface area contributed by atoms with Crippen molar-refractivity contribution in [2.24, 2.45) is 0 Å². The molecule has 0 saturated carbocycles. The zero-order valence-electron chi connectivity index (χ0n) is 31.4. The van der Waals surface area contributed by atoms with E-state index < -0.39 is 35.8 Å². The van der Waals surface area contributed by atoms with Crippen molar-refractivity contribution in [3.8, 4) is 0 Å². The molecule has 1 aliphatic rings. The quantitative estimate of drug-likeness (QED) is 0.0524. The Balaban J connectivity index is 1.34. The van der Waals surface area contributed by atoms with Gasteiger partial charge in [-0.15, -0.1) is 11.8 Å². The molecule has 4 aromatic rings. The first-order chi connectivity index (χ1) is 26.2. The SMILES string of the molecule is CCCCCCCCCCCCS[C@@H]1O[C@H](COCc2ccccc2)[C@@H](OCc2ccccc2)[C@H](OCc2ccccc2)[C@H]1OC(=O)c1ccccc1. The van der Waals surface area contributed by atoms with Crippen LogP contribution in [0.2, 0.25) is 0 Å². The molecule has 5 atom stereocenters. The molecule has 1 fully saturated rings. The lowest BCUT2D eigenvalue weighted by molar-refractivity contribution is -0.242. The Kier molecular flexibility index (Phi) is 18.5. The largest absolute Gasteiger partial charge is 0.452 e. The van der Waals surface area contributed by atoms with Crippen molar-refractivity contribution < 1.29 is 28.5 Å². The van der Waals surface area contributed by atoms with Crippen molar-refractivity contribution in [2.75, 3.05) is 12.4 Å². The molecule has 0 amide bonds. The lowest BCUT2D eigenvalue weighted by Crippen LogP contribution is -2.60. The zero-order valence-corrected chi connectivity index (χ0v) is 32.2. The van der Waals surface area contributed by atoms with Gasteiger partial charge in [0.05, 0.1) is 32.0 Å². The van der Waals surface area contributed by atoms with Crippen molar-refractivity contribution in [1.82, 2.24) is 0 Å². The van der Waals surface area contributed by atoms with Crippen LogP contribution in [0.5, 0.6) is 0 Å². The fourth-order valence-electron chi connectivity index (χ4n) is 6.62. The number of hydrogen-bond donors (Lipinski definition) is 0. The lowest BCUT2D eigenvalue weighted by atomic mass is 9.98. The summed E-state index contributed by atoms with van der Waals surface area (Å²) in [5, 5.41) is 0. The summed E-state index contributed by atoms with van der Waals surface area (Å²) in [4.78, 5) is 13.7. The average Bonchev–Trinajstić information content (AvgIpc) is 3.21. The molecule has 0 spiro atoms. The van der Waals surface area contributed by atoms with Crippen LogP contribution in [0.3, 0.4) is 0 Å². The molecule has 0 aromatic heterocycles. The standard InChI is InChI=1S/C46H58O6S/c1-2-3-4-5-6-7-8-9-10-23-32-53-46-44(52-45(47)40-30-21-14-22-31-40)43(50-35-39-28-19-13-20-29-39)42(49-34-38-26-17-12-18-27-38)41(51-46)36-48-33-37-24-15-11-16-25-37/h11-22,24-31,41-44,46H,2-10,23,32-36H2,1H3/t41-,42-,43+,44-,46+/m1/s1. The highest BCUT2D eigenvalue weighted by Crippen LogP contribution is 2.36. The van der Waals surface area contributed by atoms with E-state index in [1.165, 1.54) is 57.8 Å². The highest BCUT2D eigenvalue weighted by atomic mass is 32.2. The van der Waals surface area contributed by atoms with Gasteiger partial charge in [0.1, 0.15) is 23.7 Å². The van der Waals surface area contributed by atoms with E-state index >= 15 is 0 Å². The smallest absolute Gasteiger partial charge is 0.338 e. The number of benzene rings is 4. The lowest BCUT2D eigenvalue weighted by Gasteiger charge is -2.45. The van der Waals surface area contributed by atoms with E-state index in [2.05, 4.69) is 19.1 Å². The summed E-state index contributed by atoms with van der Waals surface area (Å²) in [5.74, 6) is 0.483. The van der Waals surface area contributed by atoms with Gasteiger partial charge in [-0.2, -0.15) is 0 Å². The van der Waals surface area contributed by atoms with Gasteiger partial charge in [-0.3, -0.25) is 0 Å². The molecular weight excluding hydrogens is 681 g/mol. The van der Waals surface area contributed by atoms with Crippen LogP contribution in [0, 0.1) is 0 Å². The van der Waals surface area contributed by atoms with E-state index in [0.717, 1.165) is 28.9 Å². The summed E-state index contributed by atoms with van der Waals surface area (Å²) < 4.78 is 33.2. The first-order valence-electron chi connectivity index (χ1n) is 19.7. The molecule has 4 aromatic carbocycles. The zero-order chi connectivity index (χ0) is 36.8. The third-order valence-corrected chi connectivity index (χ3v) is 10.8. The highest BCUT2D eigenvalue weighted by Gasteiger charge is 2.50. The molecule has 7 heteroatoms. The number of unbranched alkanes of at least 4 members (excludes halogenated alkanes) is 9. The fraction of sp³-hybridized carbons (Fsp3) is 0.457. The van der Waals surface area contributed by atoms with E-state index in [-0.39, 0.29) is 0 Å². The van der Waals surface area contributed by atoms with Crippen LogP contribution in [-0.4, -0.2) is 48.2 Å². The van der Waals surface area contributed by atoms with Crippen LogP contribution < -0.4 is 0 Å². The van der Waals surface area contributed by atoms with Crippen LogP contribution in [0.25, 0.3) is 0 Å². The van der Waals surface area contributed by atoms with Crippen molar-refractivity contribution in [1.29, 1.82) is 0 Å². The van der Waals surface area contributed by atoms with Gasteiger partial charge in [0.2, 0.25) is 0 Å². The summed E-state index contributed by atoms with van der Waals surface area (Å²) in [7, 11) is 0. The summed E-state index contributed by atoms with van der Waals surface area (Å²) in [6.45, 7) is 3.70. The molecule has 0 bridgehead atoms. The van der Waals surface area contributed by atoms with Gasteiger partial charge in [0, 0.05) is 0 Å². The molecule has 0 aliphatic carbocycles. The molecule has 0 unspecified atom stereocenters. The minimum absolute atomic E-state index is 0.300. The highest BCUT2D eigenvalue weighted by molar-refractivity contribution is 7.99. The molecule has 1 saturated heterocycles. The number of hydrogen-bond acceptors (Lipinski definition) is 7. The van der Waals surface area contributed by atoms with E-state index in [4.69, 9.17) is 23.7 Å². The molecule has 6 nitrogen and oxygen atoms in total. The van der Waals surface area contributed by atoms with Gasteiger partial charge in [-0.1, -0.05) is 174 Å². The van der Waals surface area contributed by atoms with Gasteiger partial charge in [0.25, 0.3) is 0 Å². The molecule has 0 radical (unpaired) electrons. The van der Waals surface area contributed by atoms with Gasteiger partial charge in [-0.25, -0.2) is 4.79 Å². The maximum atomic E-state index is 13.7. The summed E-state index contributed by atoms with van der Waals surface area (Å²) in [6, 6.07) is 39.5. The van der Waals surface area contributed by atoms with Crippen LogP contribution in [0.15, 0.2) is 121 Å². The minimum Gasteiger partial charge on any atom is -0.452 e. The Morgan fingerprint density at radius 3 is 1.58 bits per heavy atom. The maximum Gasteiger partial charge on any atom is 0.338 e. The number of esters is 1. The van der Waals surface area contributed by atoms with Crippen LogP contribution in [-0.2, 0) is 43.5 Å². The number of carbonyl (C=O) groups is 1. The minimum atomic E-state index is -0.717. The van der Waals surface area contributed by atoms with E-state index in [1.54, 1.807) is 23.9 Å². The van der Waals surface area contributed by atoms with Crippen molar-refractivity contribution >= 4 is 17.7 Å². The van der Waals surface area contributed by atoms with Crippen LogP contribution in [0.4, 0.5) is 0 Å². The van der Waals surface area contributed by atoms with Crippen LogP contribution in [0.1, 0.15) is 98.2 Å². The number of ether oxygens (including phenoxy) is 5. The average molecular weight is 739 g/mol. The summed E-state index contributed by atoms with van der Waals surface area (Å²) >= 11 is 1.70. The van der Waals surface area contributed by atoms with Crippen LogP contribution >= 0.6 is 11.8 Å². The second-order valence-corrected chi connectivity index (χ2v) is 15.1. The van der Waals surface area contributed by atoms with Crippen molar-refractivity contribution in [3.05, 3.63) is 144 Å². The molecule has 284 valence electrons. The molecule has 1 heterocycles. The van der Waals surface area contributed by atoms with Gasteiger partial charge in [0.15, 0.2) is 6.10 Å². The predicted octanol–water partition coefficient (Wildman–Crippen LogP) is 11.0. The molecule has 0 N–H and O–H groups in total. The van der Waals surface area contributed by atoms with Crippen molar-refractivity contribution in [2.45, 2.75) is 121 Å². The third kappa shape index (κ3) is 14.4. The Morgan fingerprint density at radius 2 is 1.04 bits per heavy atom. The Bertz CT molecular complexity index is 1520. The van der Waals surface area contributed by atoms with E-state index in [9.17, 15) is 4.79 Å². The van der Waals surface area contributed by atoms with E-state index in [1.807, 2.05) is 97.1 Å². The second-order valence-electron chi connectivity index (χ2n) is 13.9. The second kappa shape index (κ2) is 24.0. The normalized spacial score (nSPS) is 19.9. The Morgan fingerprint density at radius 1 is 0.566 bits per heavy atom. The Labute approximate surface area is 321 Å². The first-order valence-corrected chi connectivity index (χ1v) is 20.7. The third-order valence-electron chi connectivity index (χ3n) is 9.59.